The van der Waals surface area contributed by atoms with E-state index in [1.54, 1.807) is 6.08 Å². The summed E-state index contributed by atoms with van der Waals surface area (Å²) in [6.45, 7) is 4.78. The van der Waals surface area contributed by atoms with Crippen molar-refractivity contribution in [1.29, 1.82) is 0 Å². The minimum Gasteiger partial charge on any atom is -0.370 e. The average Bonchev–Trinajstić information content (AvgIpc) is 3.14. The fraction of sp³-hybridized carbons (Fsp3) is 0.294. The number of benzene rings is 1. The van der Waals surface area contributed by atoms with Gasteiger partial charge in [-0.3, -0.25) is 0 Å². The molecule has 1 aromatic heterocycles. The Morgan fingerprint density at radius 1 is 1.36 bits per heavy atom. The van der Waals surface area contributed by atoms with Gasteiger partial charge in [0.2, 0.25) is 0 Å². The highest BCUT2D eigenvalue weighted by Crippen LogP contribution is 2.28. The molecule has 0 radical (unpaired) electrons. The lowest BCUT2D eigenvalue weighted by Gasteiger charge is -2.04. The van der Waals surface area contributed by atoms with Gasteiger partial charge in [-0.05, 0) is 37.0 Å². The summed E-state index contributed by atoms with van der Waals surface area (Å²) in [5, 5.41) is 7.74. The van der Waals surface area contributed by atoms with Crippen LogP contribution >= 0.6 is 0 Å². The van der Waals surface area contributed by atoms with E-state index in [9.17, 15) is 0 Å². The van der Waals surface area contributed by atoms with Crippen molar-refractivity contribution in [2.75, 3.05) is 6.54 Å². The molecule has 22 heavy (non-hydrogen) atoms. The van der Waals surface area contributed by atoms with Gasteiger partial charge >= 0.3 is 0 Å². The summed E-state index contributed by atoms with van der Waals surface area (Å²) in [5.74, 6) is 0.431. The number of guanidine groups is 1. The lowest BCUT2D eigenvalue weighted by molar-refractivity contribution is 0.757. The van der Waals surface area contributed by atoms with Gasteiger partial charge in [0.25, 0.3) is 0 Å². The van der Waals surface area contributed by atoms with Gasteiger partial charge in [0, 0.05) is 12.2 Å². The Hall–Kier alpha value is -2.56. The lowest BCUT2D eigenvalue weighted by atomic mass is 10.2. The van der Waals surface area contributed by atoms with E-state index in [2.05, 4.69) is 33.7 Å². The van der Waals surface area contributed by atoms with Gasteiger partial charge < -0.3 is 11.1 Å². The maximum absolute atomic E-state index is 5.83. The van der Waals surface area contributed by atoms with Crippen molar-refractivity contribution >= 4 is 5.96 Å². The van der Waals surface area contributed by atoms with Crippen molar-refractivity contribution in [2.45, 2.75) is 25.8 Å². The Bertz CT molecular complexity index is 685. The number of aromatic nitrogens is 2. The van der Waals surface area contributed by atoms with E-state index in [0.717, 1.165) is 24.2 Å². The van der Waals surface area contributed by atoms with Crippen LogP contribution in [0.2, 0.25) is 0 Å². The van der Waals surface area contributed by atoms with E-state index in [0.29, 0.717) is 19.0 Å². The van der Waals surface area contributed by atoms with Crippen molar-refractivity contribution < 1.29 is 0 Å². The molecule has 0 aliphatic heterocycles. The zero-order valence-corrected chi connectivity index (χ0v) is 12.6. The van der Waals surface area contributed by atoms with Crippen molar-refractivity contribution in [1.82, 2.24) is 15.1 Å². The highest BCUT2D eigenvalue weighted by Gasteiger charge is 2.22. The molecule has 1 aliphatic carbocycles. The Balaban J connectivity index is 1.86. The molecule has 2 aromatic rings. The maximum atomic E-state index is 5.83. The fourth-order valence-electron chi connectivity index (χ4n) is 2.82. The average molecular weight is 295 g/mol. The number of fused-ring (bicyclic) bond motifs is 1. The zero-order chi connectivity index (χ0) is 15.4. The first-order chi connectivity index (χ1) is 10.8. The summed E-state index contributed by atoms with van der Waals surface area (Å²) in [6, 6.07) is 10.3. The second-order valence-electron chi connectivity index (χ2n) is 5.34. The summed E-state index contributed by atoms with van der Waals surface area (Å²) in [7, 11) is 0. The molecule has 0 amide bonds. The highest BCUT2D eigenvalue weighted by atomic mass is 15.3. The highest BCUT2D eigenvalue weighted by molar-refractivity contribution is 5.77. The first-order valence-corrected chi connectivity index (χ1v) is 7.59. The molecule has 1 aliphatic rings. The van der Waals surface area contributed by atoms with Crippen LogP contribution in [-0.4, -0.2) is 22.3 Å². The molecule has 0 bridgehead atoms. The van der Waals surface area contributed by atoms with Gasteiger partial charge in [-0.25, -0.2) is 9.67 Å². The van der Waals surface area contributed by atoms with Crippen molar-refractivity contribution in [3.63, 3.8) is 0 Å². The van der Waals surface area contributed by atoms with Crippen LogP contribution in [0.15, 0.2) is 48.0 Å². The van der Waals surface area contributed by atoms with E-state index >= 15 is 0 Å². The van der Waals surface area contributed by atoms with E-state index in [4.69, 9.17) is 10.8 Å². The molecule has 114 valence electrons. The Morgan fingerprint density at radius 2 is 2.18 bits per heavy atom. The lowest BCUT2D eigenvalue weighted by Crippen LogP contribution is -2.31. The van der Waals surface area contributed by atoms with Gasteiger partial charge in [-0.2, -0.15) is 5.10 Å². The standard InChI is InChI=1S/C17H21N5/c1-2-11-19-17(18)20-12-15-14-9-6-10-16(14)22(21-15)13-7-4-3-5-8-13/h2-5,7-8H,1,6,9-12H2,(H3,18,19,20). The van der Waals surface area contributed by atoms with Crippen molar-refractivity contribution in [3.8, 4) is 5.69 Å². The van der Waals surface area contributed by atoms with Crippen LogP contribution in [0.3, 0.4) is 0 Å². The number of nitrogens with one attached hydrogen (secondary N) is 1. The van der Waals surface area contributed by atoms with Crippen LogP contribution in [0.25, 0.3) is 5.69 Å². The summed E-state index contributed by atoms with van der Waals surface area (Å²) < 4.78 is 2.06. The zero-order valence-electron chi connectivity index (χ0n) is 12.6. The van der Waals surface area contributed by atoms with Crippen LogP contribution in [-0.2, 0) is 19.4 Å². The summed E-state index contributed by atoms with van der Waals surface area (Å²) in [5.41, 5.74) is 10.6. The number of hydrogen-bond acceptors (Lipinski definition) is 2. The Kier molecular flexibility index (Phi) is 4.23. The van der Waals surface area contributed by atoms with Crippen LogP contribution in [0.1, 0.15) is 23.4 Å². The summed E-state index contributed by atoms with van der Waals surface area (Å²) >= 11 is 0. The quantitative estimate of drug-likeness (QED) is 0.503. The third-order valence-electron chi connectivity index (χ3n) is 3.84. The monoisotopic (exact) mass is 295 g/mol. The topological polar surface area (TPSA) is 68.2 Å². The van der Waals surface area contributed by atoms with Crippen molar-refractivity contribution in [2.24, 2.45) is 10.7 Å². The first kappa shape index (κ1) is 14.4. The minimum atomic E-state index is 0.431. The number of nitrogens with two attached hydrogens (primary N) is 1. The summed E-state index contributed by atoms with van der Waals surface area (Å²) in [6.07, 6.45) is 5.09. The predicted molar refractivity (Wildman–Crippen MR) is 89.1 cm³/mol. The van der Waals surface area contributed by atoms with E-state index in [-0.39, 0.29) is 0 Å². The minimum absolute atomic E-state index is 0.431. The fourth-order valence-corrected chi connectivity index (χ4v) is 2.82. The van der Waals surface area contributed by atoms with Gasteiger partial charge in [-0.1, -0.05) is 24.3 Å². The van der Waals surface area contributed by atoms with Gasteiger partial charge in [0.1, 0.15) is 0 Å². The van der Waals surface area contributed by atoms with E-state index < -0.39 is 0 Å². The second kappa shape index (κ2) is 6.47. The molecule has 0 saturated heterocycles. The Labute approximate surface area is 130 Å². The predicted octanol–water partition coefficient (Wildman–Crippen LogP) is 1.95. The van der Waals surface area contributed by atoms with Crippen LogP contribution in [0.4, 0.5) is 0 Å². The molecule has 1 heterocycles. The molecule has 3 rings (SSSR count). The molecular formula is C17H21N5. The number of nitrogens with zero attached hydrogens (tertiary/aromatic N) is 3. The van der Waals surface area contributed by atoms with E-state index in [1.165, 1.54) is 17.7 Å². The smallest absolute Gasteiger partial charge is 0.189 e. The van der Waals surface area contributed by atoms with Gasteiger partial charge in [0.15, 0.2) is 5.96 Å². The Morgan fingerprint density at radius 3 is 2.95 bits per heavy atom. The molecule has 0 saturated carbocycles. The summed E-state index contributed by atoms with van der Waals surface area (Å²) in [4.78, 5) is 4.38. The normalized spacial score (nSPS) is 13.9. The largest absolute Gasteiger partial charge is 0.370 e. The number of hydrogen-bond donors (Lipinski definition) is 2. The van der Waals surface area contributed by atoms with Crippen molar-refractivity contribution in [3.05, 3.63) is 59.9 Å². The van der Waals surface area contributed by atoms with E-state index in [1.807, 2.05) is 18.2 Å². The molecule has 0 unspecified atom stereocenters. The number of aliphatic imine (C=N–C) groups is 1. The third-order valence-corrected chi connectivity index (χ3v) is 3.84. The molecule has 1 aromatic carbocycles. The molecular weight excluding hydrogens is 274 g/mol. The van der Waals surface area contributed by atoms with Crippen LogP contribution < -0.4 is 11.1 Å². The first-order valence-electron chi connectivity index (χ1n) is 7.59. The van der Waals surface area contributed by atoms with Gasteiger partial charge in [-0.15, -0.1) is 6.58 Å². The molecule has 3 N–H and O–H groups in total. The molecule has 5 heteroatoms. The van der Waals surface area contributed by atoms with Gasteiger partial charge in [0.05, 0.1) is 17.9 Å². The molecule has 0 spiro atoms. The number of para-hydroxylation sites is 1. The molecule has 0 fully saturated rings. The molecule has 0 atom stereocenters. The van der Waals surface area contributed by atoms with Crippen LogP contribution in [0, 0.1) is 0 Å². The van der Waals surface area contributed by atoms with Crippen LogP contribution in [0.5, 0.6) is 0 Å². The second-order valence-corrected chi connectivity index (χ2v) is 5.34. The SMILES string of the molecule is C=CCNC(N)=NCc1nn(-c2ccccc2)c2c1CCC2. The number of rotatable bonds is 5. The maximum Gasteiger partial charge on any atom is 0.189 e. The molecule has 5 nitrogen and oxygen atoms in total. The third kappa shape index (κ3) is 2.88.